The van der Waals surface area contributed by atoms with Crippen molar-refractivity contribution >= 4 is 11.4 Å². The molecule has 1 fully saturated rings. The molecule has 33 heavy (non-hydrogen) atoms. The highest BCUT2D eigenvalue weighted by Gasteiger charge is 2.48. The quantitative estimate of drug-likeness (QED) is 0.517. The molecule has 4 rings (SSSR count). The van der Waals surface area contributed by atoms with E-state index in [1.54, 1.807) is 39.8 Å². The van der Waals surface area contributed by atoms with Gasteiger partial charge in [0.15, 0.2) is 5.78 Å². The van der Waals surface area contributed by atoms with Crippen molar-refractivity contribution in [2.75, 3.05) is 0 Å². The van der Waals surface area contributed by atoms with Crippen LogP contribution in [0.5, 0.6) is 17.2 Å². The molecule has 0 amide bonds. The number of ketones is 1. The number of hydrogen-bond donors (Lipinski definition) is 1. The molecule has 7 heteroatoms. The summed E-state index contributed by atoms with van der Waals surface area (Å²) in [5, 5.41) is 11.0. The zero-order chi connectivity index (χ0) is 24.2. The fourth-order valence-electron chi connectivity index (χ4n) is 4.18. The molecule has 0 aromatic heterocycles. The van der Waals surface area contributed by atoms with Crippen molar-refractivity contribution in [3.05, 3.63) is 59.4 Å². The van der Waals surface area contributed by atoms with Crippen LogP contribution in [0, 0.1) is 0 Å². The van der Waals surface area contributed by atoms with Crippen LogP contribution in [0.2, 0.25) is 0 Å². The van der Waals surface area contributed by atoms with E-state index in [4.69, 9.17) is 9.47 Å². The van der Waals surface area contributed by atoms with Gasteiger partial charge in [0.25, 0.3) is 0 Å². The average molecular weight is 459 g/mol. The molecule has 0 atom stereocenters. The van der Waals surface area contributed by atoms with Crippen LogP contribution in [0.25, 0.3) is 5.57 Å². The Morgan fingerprint density at radius 3 is 2.12 bits per heavy atom. The first-order valence-corrected chi connectivity index (χ1v) is 10.9. The SMILES string of the molecule is CC(F)(F)Oc1ccc(Oc2ccc(C3CC3)c(C3=C(O)C(C)(C)OC(C)(C)C3=O)c2)cc1. The van der Waals surface area contributed by atoms with Gasteiger partial charge in [-0.15, -0.1) is 0 Å². The van der Waals surface area contributed by atoms with Gasteiger partial charge in [-0.1, -0.05) is 6.07 Å². The number of halogens is 2. The van der Waals surface area contributed by atoms with E-state index in [0.717, 1.165) is 18.4 Å². The van der Waals surface area contributed by atoms with Gasteiger partial charge in [0.2, 0.25) is 0 Å². The third kappa shape index (κ3) is 4.88. The number of aliphatic hydroxyl groups excluding tert-OH is 1. The number of carbonyl (C=O) groups is 1. The maximum Gasteiger partial charge on any atom is 0.394 e. The van der Waals surface area contributed by atoms with Gasteiger partial charge in [-0.25, -0.2) is 0 Å². The first-order chi connectivity index (χ1) is 15.3. The highest BCUT2D eigenvalue weighted by Crippen LogP contribution is 2.48. The van der Waals surface area contributed by atoms with Gasteiger partial charge in [-0.2, -0.15) is 8.78 Å². The lowest BCUT2D eigenvalue weighted by molar-refractivity contribution is -0.159. The zero-order valence-electron chi connectivity index (χ0n) is 19.4. The van der Waals surface area contributed by atoms with E-state index in [0.29, 0.717) is 29.9 Å². The van der Waals surface area contributed by atoms with Crippen molar-refractivity contribution in [3.63, 3.8) is 0 Å². The number of Topliss-reactive ketones (excluding diaryl/α,β-unsaturated/α-hetero) is 1. The maximum atomic E-state index is 13.3. The third-order valence-electron chi connectivity index (χ3n) is 5.76. The lowest BCUT2D eigenvalue weighted by Crippen LogP contribution is -2.49. The second-order valence-corrected chi connectivity index (χ2v) is 9.68. The van der Waals surface area contributed by atoms with Crippen molar-refractivity contribution < 1.29 is 32.9 Å². The first kappa shape index (κ1) is 23.2. The van der Waals surface area contributed by atoms with E-state index in [1.165, 1.54) is 24.3 Å². The predicted octanol–water partition coefficient (Wildman–Crippen LogP) is 6.77. The van der Waals surface area contributed by atoms with Crippen LogP contribution in [-0.4, -0.2) is 28.2 Å². The van der Waals surface area contributed by atoms with Crippen molar-refractivity contribution in [1.82, 2.24) is 0 Å². The number of carbonyl (C=O) groups excluding carboxylic acids is 1. The zero-order valence-corrected chi connectivity index (χ0v) is 19.4. The molecular formula is C26H28F2O5. The van der Waals surface area contributed by atoms with Gasteiger partial charge in [0, 0.05) is 6.92 Å². The minimum absolute atomic E-state index is 0.0203. The van der Waals surface area contributed by atoms with Gasteiger partial charge < -0.3 is 19.3 Å². The van der Waals surface area contributed by atoms with Crippen LogP contribution in [0.15, 0.2) is 48.2 Å². The van der Waals surface area contributed by atoms with E-state index in [2.05, 4.69) is 4.74 Å². The summed E-state index contributed by atoms with van der Waals surface area (Å²) in [5.41, 5.74) is -0.258. The Morgan fingerprint density at radius 1 is 0.970 bits per heavy atom. The molecule has 1 saturated carbocycles. The fourth-order valence-corrected chi connectivity index (χ4v) is 4.18. The van der Waals surface area contributed by atoms with Crippen LogP contribution < -0.4 is 9.47 Å². The molecule has 2 aliphatic rings. The molecule has 1 aliphatic heterocycles. The summed E-state index contributed by atoms with van der Waals surface area (Å²) in [4.78, 5) is 13.3. The lowest BCUT2D eigenvalue weighted by atomic mass is 9.81. The minimum Gasteiger partial charge on any atom is -0.508 e. The number of rotatable bonds is 6. The molecule has 2 aromatic carbocycles. The van der Waals surface area contributed by atoms with Gasteiger partial charge >= 0.3 is 6.11 Å². The number of benzene rings is 2. The van der Waals surface area contributed by atoms with Gasteiger partial charge in [0.1, 0.15) is 34.2 Å². The highest BCUT2D eigenvalue weighted by molar-refractivity contribution is 6.26. The van der Waals surface area contributed by atoms with E-state index in [9.17, 15) is 18.7 Å². The normalized spacial score (nSPS) is 20.0. The molecular weight excluding hydrogens is 430 g/mol. The van der Waals surface area contributed by atoms with Crippen LogP contribution in [-0.2, 0) is 9.53 Å². The van der Waals surface area contributed by atoms with E-state index >= 15 is 0 Å². The van der Waals surface area contributed by atoms with Crippen molar-refractivity contribution in [3.8, 4) is 17.2 Å². The molecule has 1 heterocycles. The molecule has 2 aromatic rings. The summed E-state index contributed by atoms with van der Waals surface area (Å²) in [6, 6.07) is 11.3. The van der Waals surface area contributed by atoms with Gasteiger partial charge in [-0.3, -0.25) is 4.79 Å². The third-order valence-corrected chi connectivity index (χ3v) is 5.76. The Hall–Kier alpha value is -2.93. The second kappa shape index (κ2) is 7.83. The van der Waals surface area contributed by atoms with Crippen molar-refractivity contribution in [2.24, 2.45) is 0 Å². The molecule has 0 spiro atoms. The monoisotopic (exact) mass is 458 g/mol. The molecule has 1 N–H and O–H groups in total. The summed E-state index contributed by atoms with van der Waals surface area (Å²) < 4.78 is 42.4. The molecule has 0 unspecified atom stereocenters. The van der Waals surface area contributed by atoms with Gasteiger partial charge in [-0.05, 0) is 94.0 Å². The summed E-state index contributed by atoms with van der Waals surface area (Å²) in [6.45, 7) is 7.53. The Balaban J connectivity index is 1.71. The largest absolute Gasteiger partial charge is 0.508 e. The number of hydrogen-bond acceptors (Lipinski definition) is 5. The summed E-state index contributed by atoms with van der Waals surface area (Å²) >= 11 is 0. The summed E-state index contributed by atoms with van der Waals surface area (Å²) in [5.74, 6) is 0.826. The Bertz CT molecular complexity index is 1110. The van der Waals surface area contributed by atoms with Crippen LogP contribution >= 0.6 is 0 Å². The van der Waals surface area contributed by atoms with Crippen LogP contribution in [0.1, 0.15) is 64.5 Å². The molecule has 0 saturated heterocycles. The maximum absolute atomic E-state index is 13.3. The molecule has 176 valence electrons. The second-order valence-electron chi connectivity index (χ2n) is 9.68. The number of alkyl halides is 2. The van der Waals surface area contributed by atoms with Gasteiger partial charge in [0.05, 0.1) is 5.57 Å². The Morgan fingerprint density at radius 2 is 1.55 bits per heavy atom. The van der Waals surface area contributed by atoms with Crippen molar-refractivity contribution in [2.45, 2.75) is 70.7 Å². The first-order valence-electron chi connectivity index (χ1n) is 10.9. The minimum atomic E-state index is -3.27. The standard InChI is InChI=1S/C26H28F2O5/c1-24(2)22(29)21(23(30)25(3,4)33-24)20-14-18(12-13-19(20)15-6-7-15)31-16-8-10-17(11-9-16)32-26(5,27)28/h8-15,29H,6-7H2,1-5H3. The number of aliphatic hydroxyl groups is 1. The molecule has 5 nitrogen and oxygen atoms in total. The van der Waals surface area contributed by atoms with E-state index in [1.807, 2.05) is 6.07 Å². The van der Waals surface area contributed by atoms with Crippen LogP contribution in [0.3, 0.4) is 0 Å². The number of ether oxygens (including phenoxy) is 3. The highest BCUT2D eigenvalue weighted by atomic mass is 19.3. The predicted molar refractivity (Wildman–Crippen MR) is 120 cm³/mol. The van der Waals surface area contributed by atoms with Crippen LogP contribution in [0.4, 0.5) is 8.78 Å². The lowest BCUT2D eigenvalue weighted by Gasteiger charge is -2.40. The topological polar surface area (TPSA) is 65.0 Å². The van der Waals surface area contributed by atoms with E-state index in [-0.39, 0.29) is 22.9 Å². The molecule has 0 radical (unpaired) electrons. The Labute approximate surface area is 192 Å². The summed E-state index contributed by atoms with van der Waals surface area (Å²) in [7, 11) is 0. The smallest absolute Gasteiger partial charge is 0.394 e. The molecule has 1 aliphatic carbocycles. The van der Waals surface area contributed by atoms with E-state index < -0.39 is 17.3 Å². The average Bonchev–Trinajstić information content (AvgIpc) is 3.52. The fraction of sp³-hybridized carbons (Fsp3) is 0.423. The Kier molecular flexibility index (Phi) is 5.52. The molecule has 0 bridgehead atoms. The summed E-state index contributed by atoms with van der Waals surface area (Å²) in [6.07, 6.45) is -1.24. The van der Waals surface area contributed by atoms with Crippen molar-refractivity contribution in [1.29, 1.82) is 0 Å².